The van der Waals surface area contributed by atoms with Gasteiger partial charge in [-0.15, -0.1) is 10.2 Å². The number of nitrogens with zero attached hydrogens (tertiary/aromatic N) is 3. The maximum Gasteiger partial charge on any atom is 0.234 e. The highest BCUT2D eigenvalue weighted by Crippen LogP contribution is 2.54. The van der Waals surface area contributed by atoms with E-state index in [2.05, 4.69) is 27.7 Å². The summed E-state index contributed by atoms with van der Waals surface area (Å²) in [6.07, 6.45) is 5.67. The molecule has 5 rings (SSSR count). The number of imide groups is 1. The molecule has 1 saturated carbocycles. The monoisotopic (exact) mass is 456 g/mol. The molecule has 1 aromatic heterocycles. The van der Waals surface area contributed by atoms with Crippen LogP contribution in [0.3, 0.4) is 0 Å². The zero-order valence-electron chi connectivity index (χ0n) is 16.8. The fraction of sp³-hybridized carbons (Fsp3) is 0.409. The van der Waals surface area contributed by atoms with Crippen LogP contribution in [0.4, 0.5) is 5.13 Å². The number of amides is 3. The van der Waals surface area contributed by atoms with Gasteiger partial charge in [-0.2, -0.15) is 0 Å². The molecule has 9 heteroatoms. The van der Waals surface area contributed by atoms with Gasteiger partial charge in [0.15, 0.2) is 0 Å². The largest absolute Gasteiger partial charge is 0.300 e. The van der Waals surface area contributed by atoms with E-state index in [1.54, 1.807) is 24.3 Å². The Morgan fingerprint density at radius 1 is 1.16 bits per heavy atom. The number of carbonyl (C=O) groups is 3. The quantitative estimate of drug-likeness (QED) is 0.529. The smallest absolute Gasteiger partial charge is 0.234 e. The molecule has 5 atom stereocenters. The summed E-state index contributed by atoms with van der Waals surface area (Å²) in [6, 6.07) is 6.25. The normalized spacial score (nSPS) is 27.1. The molecule has 5 unspecified atom stereocenters. The van der Waals surface area contributed by atoms with Crippen LogP contribution < -0.4 is 5.32 Å². The zero-order chi connectivity index (χ0) is 21.7. The van der Waals surface area contributed by atoms with E-state index >= 15 is 0 Å². The number of rotatable bonds is 6. The van der Waals surface area contributed by atoms with Crippen molar-refractivity contribution in [2.75, 3.05) is 5.32 Å². The van der Waals surface area contributed by atoms with E-state index in [9.17, 15) is 14.4 Å². The first-order valence-corrected chi connectivity index (χ1v) is 11.6. The number of allylic oxidation sites excluding steroid dienone is 2. The van der Waals surface area contributed by atoms with Crippen molar-refractivity contribution in [1.82, 2.24) is 15.1 Å². The van der Waals surface area contributed by atoms with E-state index in [-0.39, 0.29) is 47.8 Å². The Bertz CT molecular complexity index is 1050. The van der Waals surface area contributed by atoms with E-state index in [0.29, 0.717) is 15.7 Å². The molecule has 1 aliphatic heterocycles. The highest BCUT2D eigenvalue weighted by atomic mass is 35.5. The number of aryl methyl sites for hydroxylation is 1. The number of aromatic nitrogens is 2. The molecule has 31 heavy (non-hydrogen) atoms. The molecule has 2 bridgehead atoms. The molecule has 160 valence electrons. The lowest BCUT2D eigenvalue weighted by Gasteiger charge is -2.28. The zero-order valence-corrected chi connectivity index (χ0v) is 18.4. The van der Waals surface area contributed by atoms with Gasteiger partial charge >= 0.3 is 0 Å². The number of fused-ring (bicyclic) bond motifs is 5. The first-order valence-electron chi connectivity index (χ1n) is 10.4. The second kappa shape index (κ2) is 7.84. The molecule has 2 aromatic rings. The molecular weight excluding hydrogens is 436 g/mol. The Balaban J connectivity index is 1.42. The molecule has 2 fully saturated rings. The van der Waals surface area contributed by atoms with E-state index in [0.717, 1.165) is 17.8 Å². The van der Waals surface area contributed by atoms with Crippen molar-refractivity contribution in [2.24, 2.45) is 23.7 Å². The van der Waals surface area contributed by atoms with Crippen molar-refractivity contribution in [1.29, 1.82) is 0 Å². The minimum absolute atomic E-state index is 0.0532. The fourth-order valence-electron chi connectivity index (χ4n) is 5.07. The molecular formula is C22H21ClN4O3S. The second-order valence-electron chi connectivity index (χ2n) is 8.22. The maximum atomic E-state index is 13.3. The first-order chi connectivity index (χ1) is 15.0. The van der Waals surface area contributed by atoms with Crippen molar-refractivity contribution in [3.63, 3.8) is 0 Å². The Morgan fingerprint density at radius 3 is 2.39 bits per heavy atom. The lowest BCUT2D eigenvalue weighted by atomic mass is 9.85. The molecule has 1 aromatic carbocycles. The minimum atomic E-state index is -0.694. The topological polar surface area (TPSA) is 92.3 Å². The van der Waals surface area contributed by atoms with Crippen LogP contribution in [0.5, 0.6) is 0 Å². The fourth-order valence-corrected chi connectivity index (χ4v) is 5.89. The average Bonchev–Trinajstić information content (AvgIpc) is 3.52. The van der Waals surface area contributed by atoms with Crippen LogP contribution in [0.15, 0.2) is 36.4 Å². The van der Waals surface area contributed by atoms with Crippen molar-refractivity contribution < 1.29 is 14.4 Å². The predicted octanol–water partition coefficient (Wildman–Crippen LogP) is 3.63. The van der Waals surface area contributed by atoms with Gasteiger partial charge in [0.25, 0.3) is 0 Å². The number of carbonyl (C=O) groups excluding carboxylic acids is 3. The number of benzene rings is 1. The molecule has 3 amide bonds. The summed E-state index contributed by atoms with van der Waals surface area (Å²) in [4.78, 5) is 40.9. The van der Waals surface area contributed by atoms with Crippen LogP contribution >= 0.6 is 22.9 Å². The van der Waals surface area contributed by atoms with Gasteiger partial charge in [0.05, 0.1) is 24.3 Å². The molecule has 2 aliphatic carbocycles. The molecule has 0 spiro atoms. The number of anilines is 1. The third-order valence-corrected chi connectivity index (χ3v) is 7.70. The summed E-state index contributed by atoms with van der Waals surface area (Å²) in [6.45, 7) is 1.96. The van der Waals surface area contributed by atoms with Crippen LogP contribution in [0.2, 0.25) is 5.02 Å². The molecule has 3 aliphatic rings. The van der Waals surface area contributed by atoms with Crippen molar-refractivity contribution in [2.45, 2.75) is 32.2 Å². The van der Waals surface area contributed by atoms with E-state index in [4.69, 9.17) is 11.6 Å². The van der Waals surface area contributed by atoms with Crippen LogP contribution in [0, 0.1) is 23.7 Å². The second-order valence-corrected chi connectivity index (χ2v) is 9.72. The van der Waals surface area contributed by atoms with E-state index in [1.807, 2.05) is 6.92 Å². The highest BCUT2D eigenvalue weighted by Gasteiger charge is 2.60. The summed E-state index contributed by atoms with van der Waals surface area (Å²) in [5, 5.41) is 12.5. The molecule has 0 radical (unpaired) electrons. The third-order valence-electron chi connectivity index (χ3n) is 6.47. The van der Waals surface area contributed by atoms with Gasteiger partial charge in [-0.3, -0.25) is 19.3 Å². The maximum absolute atomic E-state index is 13.3. The number of hydrogen-bond acceptors (Lipinski definition) is 6. The number of likely N-dealkylation sites (tertiary alicyclic amines) is 1. The number of halogens is 1. The summed E-state index contributed by atoms with van der Waals surface area (Å²) in [5.41, 5.74) is 0.702. The van der Waals surface area contributed by atoms with Crippen molar-refractivity contribution in [3.8, 4) is 0 Å². The Kier molecular flexibility index (Phi) is 5.14. The van der Waals surface area contributed by atoms with Gasteiger partial charge in [-0.25, -0.2) is 0 Å². The summed E-state index contributed by atoms with van der Waals surface area (Å²) in [7, 11) is 0. The van der Waals surface area contributed by atoms with Gasteiger partial charge in [0.2, 0.25) is 22.9 Å². The van der Waals surface area contributed by atoms with Crippen LogP contribution in [-0.2, 0) is 20.8 Å². The van der Waals surface area contributed by atoms with E-state index in [1.165, 1.54) is 16.2 Å². The molecule has 1 saturated heterocycles. The van der Waals surface area contributed by atoms with Crippen molar-refractivity contribution >= 4 is 45.8 Å². The van der Waals surface area contributed by atoms with Gasteiger partial charge in [0.1, 0.15) is 5.01 Å². The summed E-state index contributed by atoms with van der Waals surface area (Å²) in [5.74, 6) is -1.06. The van der Waals surface area contributed by atoms with Gasteiger partial charge in [-0.05, 0) is 42.4 Å². The van der Waals surface area contributed by atoms with E-state index < -0.39 is 6.04 Å². The predicted molar refractivity (Wildman–Crippen MR) is 116 cm³/mol. The lowest BCUT2D eigenvalue weighted by Crippen LogP contribution is -2.38. The minimum Gasteiger partial charge on any atom is -0.300 e. The SMILES string of the molecule is CCc1nnc(NC(=O)CC(c2ccc(Cl)cc2)N2C(=O)C3C4C=CC(C4)C3C2=O)s1. The highest BCUT2D eigenvalue weighted by molar-refractivity contribution is 7.15. The Morgan fingerprint density at radius 2 is 1.81 bits per heavy atom. The van der Waals surface area contributed by atoms with Crippen LogP contribution in [-0.4, -0.2) is 32.8 Å². The Labute approximate surface area is 188 Å². The number of hydrogen-bond donors (Lipinski definition) is 1. The Hall–Kier alpha value is -2.58. The van der Waals surface area contributed by atoms with Gasteiger partial charge in [-0.1, -0.05) is 54.1 Å². The standard InChI is InChI=1S/C22H21ClN4O3S/c1-2-17-25-26-22(31-17)24-16(28)10-15(11-5-7-14(23)8-6-11)27-20(29)18-12-3-4-13(9-12)19(18)21(27)30/h3-8,12-13,15,18-19H,2,9-10H2,1H3,(H,24,26,28). The third kappa shape index (κ3) is 3.47. The van der Waals surface area contributed by atoms with Crippen molar-refractivity contribution in [3.05, 3.63) is 52.0 Å². The van der Waals surface area contributed by atoms with Gasteiger partial charge in [0, 0.05) is 5.02 Å². The molecule has 7 nitrogen and oxygen atoms in total. The summed E-state index contributed by atoms with van der Waals surface area (Å²) < 4.78 is 0. The molecule has 1 N–H and O–H groups in total. The lowest BCUT2D eigenvalue weighted by molar-refractivity contribution is -0.144. The van der Waals surface area contributed by atoms with Crippen LogP contribution in [0.1, 0.15) is 36.4 Å². The first kappa shape index (κ1) is 20.3. The van der Waals surface area contributed by atoms with Gasteiger partial charge < -0.3 is 5.32 Å². The average molecular weight is 457 g/mol. The van der Waals surface area contributed by atoms with Crippen LogP contribution in [0.25, 0.3) is 0 Å². The number of nitrogens with one attached hydrogen (secondary N) is 1. The molecule has 2 heterocycles. The summed E-state index contributed by atoms with van der Waals surface area (Å²) >= 11 is 7.35.